The number of nitrogens with zero attached hydrogens (tertiary/aromatic N) is 1. The molecular weight excluding hydrogens is 122 g/mol. The molecule has 10 heavy (non-hydrogen) atoms. The molecule has 1 nitrogen and oxygen atoms in total. The maximum atomic E-state index is 2.17. The first kappa shape index (κ1) is 5.54. The van der Waals surface area contributed by atoms with E-state index in [1.54, 1.807) is 0 Å². The second-order valence-electron chi connectivity index (χ2n) is 2.47. The van der Waals surface area contributed by atoms with E-state index >= 15 is 0 Å². The van der Waals surface area contributed by atoms with E-state index < -0.39 is 0 Å². The molecule has 0 N–H and O–H groups in total. The summed E-state index contributed by atoms with van der Waals surface area (Å²) < 4.78 is 2.17. The topological polar surface area (TPSA) is 4.41 Å². The van der Waals surface area contributed by atoms with E-state index in [2.05, 4.69) is 47.9 Å². The molecule has 2 rings (SSSR count). The molecule has 2 aromatic rings. The van der Waals surface area contributed by atoms with E-state index in [0.29, 0.717) is 0 Å². The normalized spacial score (nSPS) is 10.5. The van der Waals surface area contributed by atoms with Gasteiger partial charge in [-0.25, -0.2) is 0 Å². The Bertz CT molecular complexity index is 346. The van der Waals surface area contributed by atoms with Gasteiger partial charge in [0.2, 0.25) is 0 Å². The van der Waals surface area contributed by atoms with Gasteiger partial charge in [-0.15, -0.1) is 0 Å². The Morgan fingerprint density at radius 3 is 2.70 bits per heavy atom. The van der Waals surface area contributed by atoms with Crippen LogP contribution in [0.25, 0.3) is 5.52 Å². The highest BCUT2D eigenvalue weighted by molar-refractivity contribution is 5.48. The van der Waals surface area contributed by atoms with Crippen LogP contribution in [0.2, 0.25) is 0 Å². The second-order valence-corrected chi connectivity index (χ2v) is 2.47. The summed E-state index contributed by atoms with van der Waals surface area (Å²) in [6.07, 6.45) is 2.07. The molecule has 0 aliphatic carbocycles. The van der Waals surface area contributed by atoms with Crippen LogP contribution in [0.1, 0.15) is 5.69 Å². The van der Waals surface area contributed by atoms with Crippen LogP contribution < -0.4 is 0 Å². The van der Waals surface area contributed by atoms with Crippen LogP contribution in [0.15, 0.2) is 36.5 Å². The fourth-order valence-electron chi connectivity index (χ4n) is 1.22. The van der Waals surface area contributed by atoms with E-state index in [1.165, 1.54) is 11.2 Å². The SMILES string of the molecule is Cc1cccc2cccn12. The minimum atomic E-state index is 1.26. The minimum absolute atomic E-state index is 1.26. The number of hydrogen-bond acceptors (Lipinski definition) is 0. The molecule has 0 atom stereocenters. The van der Waals surface area contributed by atoms with Crippen molar-refractivity contribution >= 4 is 5.52 Å². The van der Waals surface area contributed by atoms with Crippen molar-refractivity contribution in [3.63, 3.8) is 0 Å². The molecular formula is C9H9N. The van der Waals surface area contributed by atoms with Gasteiger partial charge in [0.15, 0.2) is 0 Å². The Labute approximate surface area is 59.9 Å². The van der Waals surface area contributed by atoms with Gasteiger partial charge < -0.3 is 4.40 Å². The fraction of sp³-hybridized carbons (Fsp3) is 0.111. The monoisotopic (exact) mass is 131 g/mol. The average molecular weight is 131 g/mol. The Kier molecular flexibility index (Phi) is 1.04. The van der Waals surface area contributed by atoms with E-state index in [-0.39, 0.29) is 0 Å². The maximum absolute atomic E-state index is 2.17. The third-order valence-electron chi connectivity index (χ3n) is 1.76. The van der Waals surface area contributed by atoms with Crippen molar-refractivity contribution in [3.8, 4) is 0 Å². The molecule has 0 saturated carbocycles. The number of aryl methyl sites for hydroxylation is 1. The third kappa shape index (κ3) is 0.637. The van der Waals surface area contributed by atoms with Gasteiger partial charge in [0.25, 0.3) is 0 Å². The van der Waals surface area contributed by atoms with Gasteiger partial charge in [-0.2, -0.15) is 0 Å². The molecule has 0 amide bonds. The lowest BCUT2D eigenvalue weighted by atomic mass is 10.3. The zero-order valence-electron chi connectivity index (χ0n) is 5.91. The highest BCUT2D eigenvalue weighted by atomic mass is 14.9. The van der Waals surface area contributed by atoms with Crippen LogP contribution in [-0.4, -0.2) is 4.40 Å². The standard InChI is InChI=1S/C9H9N/c1-8-4-2-5-9-6-3-7-10(8)9/h2-7H,1H3. The zero-order valence-corrected chi connectivity index (χ0v) is 5.91. The van der Waals surface area contributed by atoms with Gasteiger partial charge >= 0.3 is 0 Å². The molecule has 2 aromatic heterocycles. The van der Waals surface area contributed by atoms with Crippen molar-refractivity contribution in [2.75, 3.05) is 0 Å². The Morgan fingerprint density at radius 1 is 1.10 bits per heavy atom. The van der Waals surface area contributed by atoms with Gasteiger partial charge in [-0.1, -0.05) is 6.07 Å². The predicted molar refractivity (Wildman–Crippen MR) is 42.1 cm³/mol. The molecule has 0 aliphatic heterocycles. The Balaban J connectivity index is 2.95. The van der Waals surface area contributed by atoms with Crippen LogP contribution in [0, 0.1) is 6.92 Å². The number of aromatic nitrogens is 1. The van der Waals surface area contributed by atoms with Gasteiger partial charge in [0.05, 0.1) is 0 Å². The molecule has 0 aromatic carbocycles. The van der Waals surface area contributed by atoms with Crippen molar-refractivity contribution < 1.29 is 0 Å². The first-order valence-corrected chi connectivity index (χ1v) is 3.40. The Hall–Kier alpha value is -1.24. The lowest BCUT2D eigenvalue weighted by Crippen LogP contribution is -1.85. The second kappa shape index (κ2) is 1.87. The summed E-state index contributed by atoms with van der Waals surface area (Å²) in [6.45, 7) is 2.10. The van der Waals surface area contributed by atoms with Gasteiger partial charge in [0.1, 0.15) is 0 Å². The molecule has 2 heterocycles. The van der Waals surface area contributed by atoms with E-state index in [1.807, 2.05) is 0 Å². The average Bonchev–Trinajstić information content (AvgIpc) is 2.36. The fourth-order valence-corrected chi connectivity index (χ4v) is 1.22. The molecule has 0 bridgehead atoms. The maximum Gasteiger partial charge on any atom is 0.0452 e. The molecule has 50 valence electrons. The number of hydrogen-bond donors (Lipinski definition) is 0. The molecule has 0 saturated heterocycles. The third-order valence-corrected chi connectivity index (χ3v) is 1.76. The number of fused-ring (bicyclic) bond motifs is 1. The van der Waals surface area contributed by atoms with E-state index in [9.17, 15) is 0 Å². The summed E-state index contributed by atoms with van der Waals surface area (Å²) in [5, 5.41) is 0. The molecule has 0 unspecified atom stereocenters. The van der Waals surface area contributed by atoms with E-state index in [4.69, 9.17) is 0 Å². The summed E-state index contributed by atoms with van der Waals surface area (Å²) in [7, 11) is 0. The molecule has 0 fully saturated rings. The molecule has 0 aliphatic rings. The predicted octanol–water partition coefficient (Wildman–Crippen LogP) is 2.25. The van der Waals surface area contributed by atoms with Gasteiger partial charge in [-0.05, 0) is 31.2 Å². The lowest BCUT2D eigenvalue weighted by molar-refractivity contribution is 1.10. The van der Waals surface area contributed by atoms with Crippen LogP contribution in [0.5, 0.6) is 0 Å². The lowest BCUT2D eigenvalue weighted by Gasteiger charge is -1.97. The summed E-state index contributed by atoms with van der Waals surface area (Å²) in [4.78, 5) is 0. The summed E-state index contributed by atoms with van der Waals surface area (Å²) in [6, 6.07) is 10.4. The molecule has 0 spiro atoms. The largest absolute Gasteiger partial charge is 0.321 e. The minimum Gasteiger partial charge on any atom is -0.321 e. The van der Waals surface area contributed by atoms with Crippen molar-refractivity contribution in [1.82, 2.24) is 4.40 Å². The van der Waals surface area contributed by atoms with E-state index in [0.717, 1.165) is 0 Å². The summed E-state index contributed by atoms with van der Waals surface area (Å²) >= 11 is 0. The summed E-state index contributed by atoms with van der Waals surface area (Å²) in [5.41, 5.74) is 2.54. The summed E-state index contributed by atoms with van der Waals surface area (Å²) in [5.74, 6) is 0. The highest BCUT2D eigenvalue weighted by Gasteiger charge is 1.90. The first-order valence-electron chi connectivity index (χ1n) is 3.40. The quantitative estimate of drug-likeness (QED) is 0.516. The van der Waals surface area contributed by atoms with Gasteiger partial charge in [0, 0.05) is 17.4 Å². The zero-order chi connectivity index (χ0) is 6.97. The molecule has 0 radical (unpaired) electrons. The van der Waals surface area contributed by atoms with Gasteiger partial charge in [-0.3, -0.25) is 0 Å². The number of pyridine rings is 1. The van der Waals surface area contributed by atoms with Crippen molar-refractivity contribution in [3.05, 3.63) is 42.2 Å². The van der Waals surface area contributed by atoms with Crippen molar-refractivity contribution in [2.24, 2.45) is 0 Å². The highest BCUT2D eigenvalue weighted by Crippen LogP contribution is 2.06. The number of rotatable bonds is 0. The smallest absolute Gasteiger partial charge is 0.0452 e. The van der Waals surface area contributed by atoms with Crippen LogP contribution in [0.4, 0.5) is 0 Å². The molecule has 1 heteroatoms. The Morgan fingerprint density at radius 2 is 1.90 bits per heavy atom. The first-order chi connectivity index (χ1) is 4.88. The van der Waals surface area contributed by atoms with Crippen LogP contribution in [-0.2, 0) is 0 Å². The van der Waals surface area contributed by atoms with Crippen molar-refractivity contribution in [1.29, 1.82) is 0 Å². The van der Waals surface area contributed by atoms with Crippen LogP contribution >= 0.6 is 0 Å². The van der Waals surface area contributed by atoms with Crippen molar-refractivity contribution in [2.45, 2.75) is 6.92 Å². The van der Waals surface area contributed by atoms with Crippen LogP contribution in [0.3, 0.4) is 0 Å².